The number of hydrogen-bond acceptors (Lipinski definition) is 3. The highest BCUT2D eigenvalue weighted by Gasteiger charge is 2.24. The van der Waals surface area contributed by atoms with Crippen LogP contribution in [0.4, 0.5) is 0 Å². The molecular weight excluding hydrogens is 168 g/mol. The van der Waals surface area contributed by atoms with Gasteiger partial charge in [-0.05, 0) is 12.8 Å². The van der Waals surface area contributed by atoms with E-state index in [4.69, 9.17) is 14.6 Å². The van der Waals surface area contributed by atoms with Crippen molar-refractivity contribution in [2.45, 2.75) is 31.5 Å². The average Bonchev–Trinajstić information content (AvgIpc) is 2.17. The zero-order valence-corrected chi connectivity index (χ0v) is 8.32. The van der Waals surface area contributed by atoms with Gasteiger partial charge in [0.25, 0.3) is 0 Å². The quantitative estimate of drug-likeness (QED) is 0.671. The first kappa shape index (κ1) is 10.7. The largest absolute Gasteiger partial charge is 0.392 e. The Balaban J connectivity index is 2.54. The van der Waals surface area contributed by atoms with E-state index < -0.39 is 0 Å². The van der Waals surface area contributed by atoms with Crippen molar-refractivity contribution < 1.29 is 14.6 Å². The summed E-state index contributed by atoms with van der Waals surface area (Å²) in [5, 5.41) is 8.78. The molecule has 0 spiro atoms. The van der Waals surface area contributed by atoms with Gasteiger partial charge in [0, 0.05) is 20.6 Å². The number of rotatable bonds is 3. The Morgan fingerprint density at radius 2 is 1.85 bits per heavy atom. The van der Waals surface area contributed by atoms with E-state index in [1.807, 2.05) is 6.08 Å². The molecule has 0 bridgehead atoms. The molecule has 3 heteroatoms. The van der Waals surface area contributed by atoms with Gasteiger partial charge in [0.1, 0.15) is 0 Å². The molecule has 2 atom stereocenters. The van der Waals surface area contributed by atoms with Gasteiger partial charge in [0.15, 0.2) is 0 Å². The van der Waals surface area contributed by atoms with Crippen molar-refractivity contribution in [3.8, 4) is 0 Å². The van der Waals surface area contributed by atoms with Crippen molar-refractivity contribution in [3.63, 3.8) is 0 Å². The standard InChI is InChI=1S/C10H18O3/c1-12-9-5-8(3-4-11)6-10(7-9)13-2/h3,9-11H,4-7H2,1-2H3. The summed E-state index contributed by atoms with van der Waals surface area (Å²) < 4.78 is 10.6. The van der Waals surface area contributed by atoms with Gasteiger partial charge < -0.3 is 14.6 Å². The lowest BCUT2D eigenvalue weighted by Gasteiger charge is -2.29. The van der Waals surface area contributed by atoms with Crippen molar-refractivity contribution >= 4 is 0 Å². The SMILES string of the molecule is COC1CC(=CCO)CC(OC)C1. The molecule has 1 fully saturated rings. The van der Waals surface area contributed by atoms with Crippen LogP contribution in [-0.2, 0) is 9.47 Å². The van der Waals surface area contributed by atoms with E-state index in [0.29, 0.717) is 0 Å². The molecular formula is C10H18O3. The van der Waals surface area contributed by atoms with Gasteiger partial charge in [0.05, 0.1) is 18.8 Å². The maximum atomic E-state index is 8.78. The second-order valence-electron chi connectivity index (χ2n) is 3.40. The van der Waals surface area contributed by atoms with E-state index in [0.717, 1.165) is 19.3 Å². The topological polar surface area (TPSA) is 38.7 Å². The number of methoxy groups -OCH3 is 2. The van der Waals surface area contributed by atoms with E-state index in [2.05, 4.69) is 0 Å². The molecule has 0 heterocycles. The lowest BCUT2D eigenvalue weighted by molar-refractivity contribution is 0.00665. The van der Waals surface area contributed by atoms with Crippen LogP contribution in [-0.4, -0.2) is 38.1 Å². The van der Waals surface area contributed by atoms with Crippen molar-refractivity contribution in [1.82, 2.24) is 0 Å². The molecule has 0 saturated heterocycles. The van der Waals surface area contributed by atoms with Crippen LogP contribution in [0.3, 0.4) is 0 Å². The Bertz CT molecular complexity index is 163. The Hall–Kier alpha value is -0.380. The van der Waals surface area contributed by atoms with Crippen LogP contribution in [0.2, 0.25) is 0 Å². The summed E-state index contributed by atoms with van der Waals surface area (Å²) >= 11 is 0. The molecule has 76 valence electrons. The minimum Gasteiger partial charge on any atom is -0.392 e. The molecule has 1 aliphatic rings. The molecule has 0 aromatic rings. The third-order valence-electron chi connectivity index (χ3n) is 2.55. The summed E-state index contributed by atoms with van der Waals surface area (Å²) in [5.41, 5.74) is 1.24. The van der Waals surface area contributed by atoms with Crippen molar-refractivity contribution in [2.75, 3.05) is 20.8 Å². The fraction of sp³-hybridized carbons (Fsp3) is 0.800. The molecule has 13 heavy (non-hydrogen) atoms. The number of ether oxygens (including phenoxy) is 2. The Morgan fingerprint density at radius 3 is 2.23 bits per heavy atom. The highest BCUT2D eigenvalue weighted by Crippen LogP contribution is 2.27. The summed E-state index contributed by atoms with van der Waals surface area (Å²) in [6.45, 7) is 0.113. The molecule has 3 nitrogen and oxygen atoms in total. The molecule has 0 amide bonds. The van der Waals surface area contributed by atoms with Crippen LogP contribution in [0.25, 0.3) is 0 Å². The molecule has 0 aromatic heterocycles. The summed E-state index contributed by atoms with van der Waals surface area (Å²) in [7, 11) is 3.44. The van der Waals surface area contributed by atoms with E-state index in [1.165, 1.54) is 5.57 Å². The predicted molar refractivity (Wildman–Crippen MR) is 50.6 cm³/mol. The lowest BCUT2D eigenvalue weighted by Crippen LogP contribution is -2.28. The fourth-order valence-electron chi connectivity index (χ4n) is 1.78. The summed E-state index contributed by atoms with van der Waals surface area (Å²) in [6, 6.07) is 0. The van der Waals surface area contributed by atoms with E-state index in [-0.39, 0.29) is 18.8 Å². The highest BCUT2D eigenvalue weighted by molar-refractivity contribution is 5.09. The zero-order chi connectivity index (χ0) is 9.68. The van der Waals surface area contributed by atoms with Gasteiger partial charge >= 0.3 is 0 Å². The maximum absolute atomic E-state index is 8.78. The minimum atomic E-state index is 0.113. The minimum absolute atomic E-state index is 0.113. The average molecular weight is 186 g/mol. The monoisotopic (exact) mass is 186 g/mol. The first-order valence-electron chi connectivity index (χ1n) is 4.64. The Morgan fingerprint density at radius 1 is 1.31 bits per heavy atom. The smallest absolute Gasteiger partial charge is 0.0633 e. The second kappa shape index (κ2) is 5.37. The van der Waals surface area contributed by atoms with Gasteiger partial charge in [0.2, 0.25) is 0 Å². The third kappa shape index (κ3) is 3.10. The maximum Gasteiger partial charge on any atom is 0.0633 e. The third-order valence-corrected chi connectivity index (χ3v) is 2.55. The van der Waals surface area contributed by atoms with Crippen molar-refractivity contribution in [1.29, 1.82) is 0 Å². The molecule has 1 rings (SSSR count). The molecule has 2 unspecified atom stereocenters. The number of aliphatic hydroxyl groups is 1. The first-order valence-corrected chi connectivity index (χ1v) is 4.64. The number of aliphatic hydroxyl groups excluding tert-OH is 1. The summed E-state index contributed by atoms with van der Waals surface area (Å²) in [6.07, 6.45) is 5.16. The van der Waals surface area contributed by atoms with Gasteiger partial charge in [-0.15, -0.1) is 0 Å². The molecule has 1 N–H and O–H groups in total. The molecule has 1 saturated carbocycles. The van der Waals surface area contributed by atoms with Crippen LogP contribution >= 0.6 is 0 Å². The van der Waals surface area contributed by atoms with Crippen LogP contribution in [0, 0.1) is 0 Å². The van der Waals surface area contributed by atoms with Crippen LogP contribution < -0.4 is 0 Å². The number of hydrogen-bond donors (Lipinski definition) is 1. The Kier molecular flexibility index (Phi) is 4.42. The van der Waals surface area contributed by atoms with E-state index in [1.54, 1.807) is 14.2 Å². The molecule has 0 radical (unpaired) electrons. The van der Waals surface area contributed by atoms with Gasteiger partial charge in [-0.3, -0.25) is 0 Å². The lowest BCUT2D eigenvalue weighted by atomic mass is 9.90. The van der Waals surface area contributed by atoms with E-state index in [9.17, 15) is 0 Å². The van der Waals surface area contributed by atoms with Crippen LogP contribution in [0.5, 0.6) is 0 Å². The molecule has 1 aliphatic carbocycles. The summed E-state index contributed by atoms with van der Waals surface area (Å²) in [4.78, 5) is 0. The summed E-state index contributed by atoms with van der Waals surface area (Å²) in [5.74, 6) is 0. The molecule has 0 aliphatic heterocycles. The zero-order valence-electron chi connectivity index (χ0n) is 8.32. The predicted octanol–water partition coefficient (Wildman–Crippen LogP) is 1.12. The van der Waals surface area contributed by atoms with E-state index >= 15 is 0 Å². The van der Waals surface area contributed by atoms with Gasteiger partial charge in [-0.1, -0.05) is 11.6 Å². The fourth-order valence-corrected chi connectivity index (χ4v) is 1.78. The highest BCUT2D eigenvalue weighted by atomic mass is 16.5. The Labute approximate surface area is 79.3 Å². The van der Waals surface area contributed by atoms with Gasteiger partial charge in [-0.2, -0.15) is 0 Å². The van der Waals surface area contributed by atoms with Crippen molar-refractivity contribution in [3.05, 3.63) is 11.6 Å². The van der Waals surface area contributed by atoms with Crippen molar-refractivity contribution in [2.24, 2.45) is 0 Å². The second-order valence-corrected chi connectivity index (χ2v) is 3.40. The normalized spacial score (nSPS) is 29.0. The first-order chi connectivity index (χ1) is 6.30. The van der Waals surface area contributed by atoms with Crippen LogP contribution in [0.15, 0.2) is 11.6 Å². The molecule has 0 aromatic carbocycles. The van der Waals surface area contributed by atoms with Crippen LogP contribution in [0.1, 0.15) is 19.3 Å². The van der Waals surface area contributed by atoms with Gasteiger partial charge in [-0.25, -0.2) is 0 Å².